The number of hydrogen-bond acceptors (Lipinski definition) is 4. The smallest absolute Gasteiger partial charge is 0.117 e. The van der Waals surface area contributed by atoms with Gasteiger partial charge in [-0.05, 0) is 30.3 Å². The second-order valence-electron chi connectivity index (χ2n) is 5.64. The van der Waals surface area contributed by atoms with Crippen molar-refractivity contribution in [1.82, 2.24) is 4.90 Å². The zero-order chi connectivity index (χ0) is 16.4. The van der Waals surface area contributed by atoms with Crippen LogP contribution in [-0.4, -0.2) is 4.90 Å². The molecule has 0 aliphatic rings. The minimum Gasteiger partial charge on any atom is -0.468 e. The van der Waals surface area contributed by atoms with Gasteiger partial charge in [-0.1, -0.05) is 29.8 Å². The molecule has 0 amide bonds. The van der Waals surface area contributed by atoms with Gasteiger partial charge in [-0.15, -0.1) is 11.3 Å². The van der Waals surface area contributed by atoms with Gasteiger partial charge in [-0.25, -0.2) is 0 Å². The van der Waals surface area contributed by atoms with Crippen LogP contribution in [0.4, 0.5) is 0 Å². The average molecular weight is 358 g/mol. The molecule has 122 valence electrons. The Morgan fingerprint density at radius 2 is 1.50 bits per heavy atom. The Balaban J connectivity index is 1.60. The molecular formula is C19H16ClNO2S. The summed E-state index contributed by atoms with van der Waals surface area (Å²) >= 11 is 8.34. The highest BCUT2D eigenvalue weighted by atomic mass is 35.5. The van der Waals surface area contributed by atoms with Gasteiger partial charge >= 0.3 is 0 Å². The maximum atomic E-state index is 6.60. The highest BCUT2D eigenvalue weighted by Crippen LogP contribution is 2.36. The monoisotopic (exact) mass is 357 g/mol. The van der Waals surface area contributed by atoms with E-state index in [0.717, 1.165) is 33.4 Å². The van der Waals surface area contributed by atoms with E-state index >= 15 is 0 Å². The topological polar surface area (TPSA) is 29.5 Å². The van der Waals surface area contributed by atoms with Gasteiger partial charge < -0.3 is 8.83 Å². The summed E-state index contributed by atoms with van der Waals surface area (Å²) in [5, 5.41) is 1.97. The maximum absolute atomic E-state index is 6.60. The molecule has 0 atom stereocenters. The van der Waals surface area contributed by atoms with Gasteiger partial charge in [0.25, 0.3) is 0 Å². The van der Waals surface area contributed by atoms with Crippen LogP contribution in [0, 0.1) is 0 Å². The maximum Gasteiger partial charge on any atom is 0.117 e. The van der Waals surface area contributed by atoms with Crippen molar-refractivity contribution < 1.29 is 8.83 Å². The summed E-state index contributed by atoms with van der Waals surface area (Å²) in [6, 6.07) is 16.0. The van der Waals surface area contributed by atoms with Crippen LogP contribution in [0.2, 0.25) is 5.02 Å². The van der Waals surface area contributed by atoms with Crippen LogP contribution in [0.1, 0.15) is 16.4 Å². The molecule has 3 heterocycles. The molecule has 3 nitrogen and oxygen atoms in total. The number of nitrogens with zero attached hydrogens (tertiary/aromatic N) is 1. The first-order valence-electron chi connectivity index (χ1n) is 7.72. The SMILES string of the molecule is Clc1c(CN(Cc2ccco2)Cc2ccco2)sc2ccccc12. The largest absolute Gasteiger partial charge is 0.468 e. The van der Waals surface area contributed by atoms with Crippen molar-refractivity contribution in [3.05, 3.63) is 82.5 Å². The standard InChI is InChI=1S/C19H16ClNO2S/c20-19-16-7-1-2-8-17(16)24-18(19)13-21(11-14-5-3-9-22-14)12-15-6-4-10-23-15/h1-10H,11-13H2. The molecular weight excluding hydrogens is 342 g/mol. The van der Waals surface area contributed by atoms with Crippen molar-refractivity contribution in [2.45, 2.75) is 19.6 Å². The van der Waals surface area contributed by atoms with Gasteiger partial charge in [0.05, 0.1) is 30.6 Å². The van der Waals surface area contributed by atoms with Gasteiger partial charge in [0.2, 0.25) is 0 Å². The number of halogens is 1. The highest BCUT2D eigenvalue weighted by molar-refractivity contribution is 7.19. The lowest BCUT2D eigenvalue weighted by Gasteiger charge is -2.19. The van der Waals surface area contributed by atoms with Crippen LogP contribution in [0.5, 0.6) is 0 Å². The lowest BCUT2D eigenvalue weighted by Crippen LogP contribution is -2.21. The summed E-state index contributed by atoms with van der Waals surface area (Å²) in [6.07, 6.45) is 3.40. The van der Waals surface area contributed by atoms with E-state index < -0.39 is 0 Å². The molecule has 24 heavy (non-hydrogen) atoms. The molecule has 4 rings (SSSR count). The van der Waals surface area contributed by atoms with Crippen LogP contribution >= 0.6 is 22.9 Å². The zero-order valence-electron chi connectivity index (χ0n) is 12.9. The number of fused-ring (bicyclic) bond motifs is 1. The first-order chi connectivity index (χ1) is 11.8. The Kier molecular flexibility index (Phi) is 4.43. The van der Waals surface area contributed by atoms with Crippen molar-refractivity contribution in [2.75, 3.05) is 0 Å². The van der Waals surface area contributed by atoms with Crippen LogP contribution < -0.4 is 0 Å². The van der Waals surface area contributed by atoms with E-state index in [1.165, 1.54) is 4.70 Å². The first kappa shape index (κ1) is 15.5. The third kappa shape index (κ3) is 3.26. The van der Waals surface area contributed by atoms with Crippen LogP contribution in [0.15, 0.2) is 69.9 Å². The van der Waals surface area contributed by atoms with Crippen molar-refractivity contribution in [3.63, 3.8) is 0 Å². The molecule has 1 aromatic carbocycles. The quantitative estimate of drug-likeness (QED) is 0.427. The molecule has 0 aliphatic heterocycles. The minimum absolute atomic E-state index is 0.707. The number of benzene rings is 1. The number of rotatable bonds is 6. The molecule has 0 fully saturated rings. The van der Waals surface area contributed by atoms with Gasteiger partial charge in [0, 0.05) is 21.5 Å². The molecule has 5 heteroatoms. The fourth-order valence-electron chi connectivity index (χ4n) is 2.78. The van der Waals surface area contributed by atoms with Gasteiger partial charge in [0.1, 0.15) is 11.5 Å². The number of thiophene rings is 1. The first-order valence-corrected chi connectivity index (χ1v) is 8.92. The summed E-state index contributed by atoms with van der Waals surface area (Å²) in [4.78, 5) is 3.44. The van der Waals surface area contributed by atoms with Crippen LogP contribution in [-0.2, 0) is 19.6 Å². The second kappa shape index (κ2) is 6.85. The Labute approximate surface area is 149 Å². The van der Waals surface area contributed by atoms with Crippen LogP contribution in [0.3, 0.4) is 0 Å². The molecule has 0 N–H and O–H groups in total. The van der Waals surface area contributed by atoms with Crippen molar-refractivity contribution >= 4 is 33.0 Å². The summed E-state index contributed by atoms with van der Waals surface area (Å²) in [7, 11) is 0. The lowest BCUT2D eigenvalue weighted by atomic mass is 10.2. The van der Waals surface area contributed by atoms with E-state index in [1.54, 1.807) is 23.9 Å². The van der Waals surface area contributed by atoms with E-state index in [2.05, 4.69) is 17.0 Å². The Morgan fingerprint density at radius 1 is 0.833 bits per heavy atom. The van der Waals surface area contributed by atoms with Gasteiger partial charge in [-0.3, -0.25) is 4.90 Å². The third-order valence-corrected chi connectivity index (χ3v) is 5.59. The van der Waals surface area contributed by atoms with E-state index in [9.17, 15) is 0 Å². The predicted molar refractivity (Wildman–Crippen MR) is 97.2 cm³/mol. The third-order valence-electron chi connectivity index (χ3n) is 3.89. The van der Waals surface area contributed by atoms with Gasteiger partial charge in [-0.2, -0.15) is 0 Å². The predicted octanol–water partition coefficient (Wildman–Crippen LogP) is 5.94. The molecule has 0 radical (unpaired) electrons. The molecule has 0 aliphatic carbocycles. The van der Waals surface area contributed by atoms with Crippen LogP contribution in [0.25, 0.3) is 10.1 Å². The van der Waals surface area contributed by atoms with E-state index in [4.69, 9.17) is 20.4 Å². The second-order valence-corrected chi connectivity index (χ2v) is 7.15. The molecule has 0 saturated carbocycles. The molecule has 4 aromatic rings. The van der Waals surface area contributed by atoms with E-state index in [0.29, 0.717) is 13.1 Å². The highest BCUT2D eigenvalue weighted by Gasteiger charge is 2.16. The zero-order valence-corrected chi connectivity index (χ0v) is 14.5. The molecule has 0 bridgehead atoms. The molecule has 0 saturated heterocycles. The Hall–Kier alpha value is -2.01. The summed E-state index contributed by atoms with van der Waals surface area (Å²) in [5.41, 5.74) is 0. The Morgan fingerprint density at radius 3 is 2.08 bits per heavy atom. The van der Waals surface area contributed by atoms with E-state index in [-0.39, 0.29) is 0 Å². The van der Waals surface area contributed by atoms with Crippen molar-refractivity contribution in [1.29, 1.82) is 0 Å². The summed E-state index contributed by atoms with van der Waals surface area (Å²) in [6.45, 7) is 2.16. The number of hydrogen-bond donors (Lipinski definition) is 0. The van der Waals surface area contributed by atoms with Gasteiger partial charge in [0.15, 0.2) is 0 Å². The number of furan rings is 2. The minimum atomic E-state index is 0.707. The molecule has 0 spiro atoms. The normalized spacial score (nSPS) is 11.6. The summed E-state index contributed by atoms with van der Waals surface area (Å²) in [5.74, 6) is 1.86. The fourth-order valence-corrected chi connectivity index (χ4v) is 4.32. The molecule has 3 aromatic heterocycles. The molecule has 0 unspecified atom stereocenters. The Bertz CT molecular complexity index is 876. The fraction of sp³-hybridized carbons (Fsp3) is 0.158. The van der Waals surface area contributed by atoms with Crippen molar-refractivity contribution in [2.24, 2.45) is 0 Å². The average Bonchev–Trinajstić information content (AvgIpc) is 3.32. The van der Waals surface area contributed by atoms with Crippen molar-refractivity contribution in [3.8, 4) is 0 Å². The lowest BCUT2D eigenvalue weighted by molar-refractivity contribution is 0.211. The van der Waals surface area contributed by atoms with E-state index in [1.807, 2.05) is 36.4 Å². The summed E-state index contributed by atoms with van der Waals surface area (Å²) < 4.78 is 12.2.